The van der Waals surface area contributed by atoms with Gasteiger partial charge in [0.1, 0.15) is 17.5 Å². The van der Waals surface area contributed by atoms with Crippen molar-refractivity contribution in [3.05, 3.63) is 65.0 Å². The third-order valence-electron chi connectivity index (χ3n) is 2.74. The predicted octanol–water partition coefficient (Wildman–Crippen LogP) is 4.02. The fourth-order valence-electron chi connectivity index (χ4n) is 1.67. The van der Waals surface area contributed by atoms with E-state index in [9.17, 15) is 13.2 Å². The molecule has 0 spiro atoms. The molecule has 0 aromatic heterocycles. The second-order valence-corrected chi connectivity index (χ2v) is 4.00. The lowest BCUT2D eigenvalue weighted by atomic mass is 10.1. The van der Waals surface area contributed by atoms with Crippen LogP contribution in [0, 0.1) is 24.4 Å². The Hall–Kier alpha value is -1.97. The molecule has 0 radical (unpaired) electrons. The minimum absolute atomic E-state index is 0.105. The van der Waals surface area contributed by atoms with E-state index in [2.05, 4.69) is 5.32 Å². The molecule has 0 saturated heterocycles. The van der Waals surface area contributed by atoms with E-state index < -0.39 is 11.6 Å². The SMILES string of the molecule is Cc1c(F)cccc1NCc1cc(F)ccc1F. The van der Waals surface area contributed by atoms with Crippen LogP contribution in [-0.2, 0) is 6.54 Å². The van der Waals surface area contributed by atoms with Crippen LogP contribution in [0.4, 0.5) is 18.9 Å². The van der Waals surface area contributed by atoms with Crippen molar-refractivity contribution < 1.29 is 13.2 Å². The zero-order chi connectivity index (χ0) is 13.1. The van der Waals surface area contributed by atoms with Gasteiger partial charge in [0.2, 0.25) is 0 Å². The third-order valence-corrected chi connectivity index (χ3v) is 2.74. The molecule has 0 fully saturated rings. The summed E-state index contributed by atoms with van der Waals surface area (Å²) in [7, 11) is 0. The van der Waals surface area contributed by atoms with E-state index in [1.54, 1.807) is 19.1 Å². The number of nitrogens with one attached hydrogen (secondary N) is 1. The van der Waals surface area contributed by atoms with Crippen molar-refractivity contribution in [1.29, 1.82) is 0 Å². The number of rotatable bonds is 3. The number of anilines is 1. The van der Waals surface area contributed by atoms with Gasteiger partial charge >= 0.3 is 0 Å². The van der Waals surface area contributed by atoms with Gasteiger partial charge in [0, 0.05) is 23.4 Å². The van der Waals surface area contributed by atoms with Crippen LogP contribution in [0.15, 0.2) is 36.4 Å². The highest BCUT2D eigenvalue weighted by molar-refractivity contribution is 5.51. The van der Waals surface area contributed by atoms with Gasteiger partial charge in [0.15, 0.2) is 0 Å². The van der Waals surface area contributed by atoms with Crippen LogP contribution in [0.25, 0.3) is 0 Å². The number of benzene rings is 2. The molecule has 2 aromatic carbocycles. The molecular weight excluding hydrogens is 239 g/mol. The smallest absolute Gasteiger partial charge is 0.128 e. The summed E-state index contributed by atoms with van der Waals surface area (Å²) in [5, 5.41) is 2.89. The topological polar surface area (TPSA) is 12.0 Å². The van der Waals surface area contributed by atoms with Gasteiger partial charge in [-0.25, -0.2) is 13.2 Å². The minimum atomic E-state index is -0.496. The van der Waals surface area contributed by atoms with Crippen LogP contribution in [-0.4, -0.2) is 0 Å². The van der Waals surface area contributed by atoms with Gasteiger partial charge in [0.05, 0.1) is 0 Å². The summed E-state index contributed by atoms with van der Waals surface area (Å²) in [6.45, 7) is 1.73. The lowest BCUT2D eigenvalue weighted by molar-refractivity contribution is 0.587. The molecule has 0 aliphatic rings. The average molecular weight is 251 g/mol. The summed E-state index contributed by atoms with van der Waals surface area (Å²) in [5.41, 5.74) is 1.23. The molecule has 0 amide bonds. The van der Waals surface area contributed by atoms with E-state index in [0.29, 0.717) is 11.3 Å². The summed E-state index contributed by atoms with van der Waals surface area (Å²) in [4.78, 5) is 0. The first kappa shape index (κ1) is 12.5. The Morgan fingerprint density at radius 1 is 1.00 bits per heavy atom. The second kappa shape index (κ2) is 5.12. The first-order valence-corrected chi connectivity index (χ1v) is 5.51. The van der Waals surface area contributed by atoms with Crippen molar-refractivity contribution in [2.75, 3.05) is 5.32 Å². The molecule has 94 valence electrons. The zero-order valence-electron chi connectivity index (χ0n) is 9.81. The molecular formula is C14H12F3N. The molecule has 0 unspecified atom stereocenters. The van der Waals surface area contributed by atoms with Crippen molar-refractivity contribution in [3.8, 4) is 0 Å². The fourth-order valence-corrected chi connectivity index (χ4v) is 1.67. The van der Waals surface area contributed by atoms with E-state index in [1.165, 1.54) is 6.07 Å². The first-order valence-electron chi connectivity index (χ1n) is 5.51. The highest BCUT2D eigenvalue weighted by Gasteiger charge is 2.06. The number of hydrogen-bond donors (Lipinski definition) is 1. The molecule has 1 N–H and O–H groups in total. The van der Waals surface area contributed by atoms with Gasteiger partial charge in [-0.15, -0.1) is 0 Å². The van der Waals surface area contributed by atoms with E-state index in [-0.39, 0.29) is 17.9 Å². The Labute approximate surface area is 103 Å². The predicted molar refractivity (Wildman–Crippen MR) is 64.8 cm³/mol. The van der Waals surface area contributed by atoms with Gasteiger partial charge in [-0.05, 0) is 37.3 Å². The molecule has 0 aliphatic heterocycles. The van der Waals surface area contributed by atoms with Crippen LogP contribution < -0.4 is 5.32 Å². The molecule has 4 heteroatoms. The standard InChI is InChI=1S/C14H12F3N/c1-9-12(16)3-2-4-14(9)18-8-10-7-11(15)5-6-13(10)17/h2-7,18H,8H2,1H3. The molecule has 18 heavy (non-hydrogen) atoms. The van der Waals surface area contributed by atoms with Crippen molar-refractivity contribution >= 4 is 5.69 Å². The first-order chi connectivity index (χ1) is 8.58. The largest absolute Gasteiger partial charge is 0.381 e. The van der Waals surface area contributed by atoms with Gasteiger partial charge in [-0.3, -0.25) is 0 Å². The van der Waals surface area contributed by atoms with E-state index >= 15 is 0 Å². The van der Waals surface area contributed by atoms with Crippen LogP contribution in [0.1, 0.15) is 11.1 Å². The van der Waals surface area contributed by atoms with Crippen molar-refractivity contribution in [1.82, 2.24) is 0 Å². The van der Waals surface area contributed by atoms with Gasteiger partial charge in [0.25, 0.3) is 0 Å². The highest BCUT2D eigenvalue weighted by atomic mass is 19.1. The maximum atomic E-state index is 13.4. The lowest BCUT2D eigenvalue weighted by Crippen LogP contribution is -2.04. The maximum Gasteiger partial charge on any atom is 0.128 e. The summed E-state index contributed by atoms with van der Waals surface area (Å²) < 4.78 is 39.6. The molecule has 0 saturated carbocycles. The van der Waals surface area contributed by atoms with Gasteiger partial charge in [-0.1, -0.05) is 6.07 Å². The van der Waals surface area contributed by atoms with Gasteiger partial charge in [-0.2, -0.15) is 0 Å². The van der Waals surface area contributed by atoms with Crippen LogP contribution in [0.5, 0.6) is 0 Å². The van der Waals surface area contributed by atoms with Crippen molar-refractivity contribution in [3.63, 3.8) is 0 Å². The molecule has 2 aromatic rings. The highest BCUT2D eigenvalue weighted by Crippen LogP contribution is 2.19. The second-order valence-electron chi connectivity index (χ2n) is 4.00. The third kappa shape index (κ3) is 2.64. The molecule has 1 nitrogen and oxygen atoms in total. The Kier molecular flexibility index (Phi) is 3.55. The molecule has 0 bridgehead atoms. The normalized spacial score (nSPS) is 10.4. The number of halogens is 3. The van der Waals surface area contributed by atoms with Crippen molar-refractivity contribution in [2.24, 2.45) is 0 Å². The van der Waals surface area contributed by atoms with Crippen LogP contribution in [0.2, 0.25) is 0 Å². The maximum absolute atomic E-state index is 13.4. The summed E-state index contributed by atoms with van der Waals surface area (Å²) in [5.74, 6) is -1.32. The van der Waals surface area contributed by atoms with Crippen molar-refractivity contribution in [2.45, 2.75) is 13.5 Å². The molecule has 0 heterocycles. The summed E-state index contributed by atoms with van der Waals surface area (Å²) in [6, 6.07) is 7.86. The van der Waals surface area contributed by atoms with E-state index in [0.717, 1.165) is 18.2 Å². The molecule has 0 aliphatic carbocycles. The summed E-state index contributed by atoms with van der Waals surface area (Å²) in [6.07, 6.45) is 0. The van der Waals surface area contributed by atoms with Crippen LogP contribution in [0.3, 0.4) is 0 Å². The fraction of sp³-hybridized carbons (Fsp3) is 0.143. The van der Waals surface area contributed by atoms with E-state index in [4.69, 9.17) is 0 Å². The monoisotopic (exact) mass is 251 g/mol. The Morgan fingerprint density at radius 3 is 2.56 bits per heavy atom. The molecule has 2 rings (SSSR count). The summed E-state index contributed by atoms with van der Waals surface area (Å²) >= 11 is 0. The quantitative estimate of drug-likeness (QED) is 0.868. The van der Waals surface area contributed by atoms with Crippen LogP contribution >= 0.6 is 0 Å². The number of hydrogen-bond acceptors (Lipinski definition) is 1. The molecule has 0 atom stereocenters. The Balaban J connectivity index is 2.16. The Bertz CT molecular complexity index is 565. The average Bonchev–Trinajstić information content (AvgIpc) is 2.35. The van der Waals surface area contributed by atoms with Gasteiger partial charge < -0.3 is 5.32 Å². The minimum Gasteiger partial charge on any atom is -0.381 e. The van der Waals surface area contributed by atoms with E-state index in [1.807, 2.05) is 0 Å². The Morgan fingerprint density at radius 2 is 1.78 bits per heavy atom. The zero-order valence-corrected chi connectivity index (χ0v) is 9.81. The lowest BCUT2D eigenvalue weighted by Gasteiger charge is -2.10.